The maximum absolute atomic E-state index is 12.4. The number of carbonyl (C=O) groups is 1. The van der Waals surface area contributed by atoms with Gasteiger partial charge in [-0.15, -0.1) is 0 Å². The molecular weight excluding hydrogens is 278 g/mol. The number of aliphatic hydroxyl groups is 1. The highest BCUT2D eigenvalue weighted by Crippen LogP contribution is 2.19. The third-order valence-corrected chi connectivity index (χ3v) is 4.24. The van der Waals surface area contributed by atoms with Crippen molar-refractivity contribution in [2.75, 3.05) is 39.0 Å². The van der Waals surface area contributed by atoms with E-state index >= 15 is 0 Å². The molecule has 0 spiro atoms. The summed E-state index contributed by atoms with van der Waals surface area (Å²) in [6.45, 7) is 5.33. The lowest BCUT2D eigenvalue weighted by molar-refractivity contribution is 0.0703. The zero-order chi connectivity index (χ0) is 16.1. The summed E-state index contributed by atoms with van der Waals surface area (Å²) < 4.78 is 0. The van der Waals surface area contributed by atoms with Gasteiger partial charge in [0.1, 0.15) is 0 Å². The Balaban J connectivity index is 1.83. The Hall–Kier alpha value is -1.59. The smallest absolute Gasteiger partial charge is 0.253 e. The lowest BCUT2D eigenvalue weighted by atomic mass is 9.96. The Kier molecular flexibility index (Phi) is 5.80. The van der Waals surface area contributed by atoms with Crippen molar-refractivity contribution >= 4 is 11.6 Å². The number of piperidine rings is 1. The molecule has 1 atom stereocenters. The van der Waals surface area contributed by atoms with Crippen molar-refractivity contribution in [3.05, 3.63) is 29.8 Å². The summed E-state index contributed by atoms with van der Waals surface area (Å²) in [5, 5.41) is 9.43. The molecule has 1 unspecified atom stereocenters. The minimum absolute atomic E-state index is 0.0266. The Bertz CT molecular complexity index is 496. The lowest BCUT2D eigenvalue weighted by Crippen LogP contribution is -2.41. The second kappa shape index (κ2) is 7.61. The molecule has 1 fully saturated rings. The van der Waals surface area contributed by atoms with Gasteiger partial charge in [-0.3, -0.25) is 4.79 Å². The van der Waals surface area contributed by atoms with Gasteiger partial charge in [0.2, 0.25) is 0 Å². The van der Waals surface area contributed by atoms with Crippen LogP contribution in [-0.2, 0) is 0 Å². The highest BCUT2D eigenvalue weighted by atomic mass is 16.3. The van der Waals surface area contributed by atoms with Crippen molar-refractivity contribution < 1.29 is 9.90 Å². The summed E-state index contributed by atoms with van der Waals surface area (Å²) in [6, 6.07) is 7.13. The topological polar surface area (TPSA) is 69.8 Å². The lowest BCUT2D eigenvalue weighted by Gasteiger charge is -2.34. The van der Waals surface area contributed by atoms with Gasteiger partial charge < -0.3 is 20.6 Å². The number of likely N-dealkylation sites (tertiary alicyclic amines) is 1. The molecule has 1 aliphatic heterocycles. The molecule has 0 radical (unpaired) electrons. The number of hydrogen-bond donors (Lipinski definition) is 2. The van der Waals surface area contributed by atoms with E-state index in [1.807, 2.05) is 20.0 Å². The van der Waals surface area contributed by atoms with Gasteiger partial charge in [0.15, 0.2) is 0 Å². The third-order valence-electron chi connectivity index (χ3n) is 4.24. The Morgan fingerprint density at radius 3 is 2.73 bits per heavy atom. The van der Waals surface area contributed by atoms with Crippen molar-refractivity contribution in [1.82, 2.24) is 9.80 Å². The number of nitrogens with two attached hydrogens (primary N) is 1. The van der Waals surface area contributed by atoms with E-state index in [0.717, 1.165) is 39.0 Å². The van der Waals surface area contributed by atoms with Crippen LogP contribution in [0.4, 0.5) is 5.69 Å². The Morgan fingerprint density at radius 2 is 2.14 bits per heavy atom. The van der Waals surface area contributed by atoms with E-state index in [-0.39, 0.29) is 12.0 Å². The molecule has 0 saturated carbocycles. The van der Waals surface area contributed by atoms with Crippen molar-refractivity contribution in [3.63, 3.8) is 0 Å². The van der Waals surface area contributed by atoms with Crippen molar-refractivity contribution in [3.8, 4) is 0 Å². The molecule has 1 aromatic rings. The molecule has 1 saturated heterocycles. The first-order chi connectivity index (χ1) is 10.5. The number of rotatable bonds is 5. The molecule has 0 aromatic heterocycles. The number of amides is 1. The summed E-state index contributed by atoms with van der Waals surface area (Å²) in [5.74, 6) is 0.555. The largest absolute Gasteiger partial charge is 0.399 e. The van der Waals surface area contributed by atoms with E-state index in [9.17, 15) is 9.90 Å². The Morgan fingerprint density at radius 1 is 1.45 bits per heavy atom. The molecule has 1 aliphatic rings. The molecule has 122 valence electrons. The molecule has 3 N–H and O–H groups in total. The van der Waals surface area contributed by atoms with E-state index in [0.29, 0.717) is 17.2 Å². The molecule has 5 heteroatoms. The summed E-state index contributed by atoms with van der Waals surface area (Å²) >= 11 is 0. The van der Waals surface area contributed by atoms with E-state index in [4.69, 9.17) is 5.73 Å². The fourth-order valence-electron chi connectivity index (χ4n) is 3.09. The molecule has 0 aliphatic carbocycles. The molecule has 22 heavy (non-hydrogen) atoms. The minimum atomic E-state index is -0.274. The standard InChI is InChI=1S/C17H27N3O2/c1-13(21)11-20-8-6-14(7-9-20)12-19(2)17(22)15-4-3-5-16(18)10-15/h3-5,10,13-14,21H,6-9,11-12,18H2,1-2H3. The second-order valence-electron chi connectivity index (χ2n) is 6.40. The summed E-state index contributed by atoms with van der Waals surface area (Å²) in [5.41, 5.74) is 7.00. The number of anilines is 1. The summed E-state index contributed by atoms with van der Waals surface area (Å²) in [4.78, 5) is 16.5. The van der Waals surface area contributed by atoms with Crippen LogP contribution in [-0.4, -0.2) is 60.1 Å². The molecule has 2 rings (SSSR count). The molecule has 1 heterocycles. The van der Waals surface area contributed by atoms with Gasteiger partial charge in [0, 0.05) is 31.4 Å². The van der Waals surface area contributed by atoms with Gasteiger partial charge in [-0.05, 0) is 57.0 Å². The van der Waals surface area contributed by atoms with Gasteiger partial charge in [-0.1, -0.05) is 6.07 Å². The number of benzene rings is 1. The minimum Gasteiger partial charge on any atom is -0.399 e. The molecule has 1 aromatic carbocycles. The van der Waals surface area contributed by atoms with Crippen molar-refractivity contribution in [2.24, 2.45) is 5.92 Å². The van der Waals surface area contributed by atoms with E-state index in [2.05, 4.69) is 4.90 Å². The molecule has 5 nitrogen and oxygen atoms in total. The van der Waals surface area contributed by atoms with Gasteiger partial charge in [0.05, 0.1) is 6.10 Å². The maximum Gasteiger partial charge on any atom is 0.253 e. The predicted molar refractivity (Wildman–Crippen MR) is 88.7 cm³/mol. The van der Waals surface area contributed by atoms with Crippen LogP contribution in [0.15, 0.2) is 24.3 Å². The van der Waals surface area contributed by atoms with E-state index in [1.54, 1.807) is 23.1 Å². The highest BCUT2D eigenvalue weighted by Gasteiger charge is 2.23. The van der Waals surface area contributed by atoms with Crippen LogP contribution in [0, 0.1) is 5.92 Å². The van der Waals surface area contributed by atoms with Gasteiger partial charge in [-0.2, -0.15) is 0 Å². The summed E-state index contributed by atoms with van der Waals surface area (Å²) in [6.07, 6.45) is 1.87. The highest BCUT2D eigenvalue weighted by molar-refractivity contribution is 5.94. The normalized spacial score (nSPS) is 18.1. The number of carbonyl (C=O) groups excluding carboxylic acids is 1. The van der Waals surface area contributed by atoms with Crippen LogP contribution in [0.25, 0.3) is 0 Å². The van der Waals surface area contributed by atoms with Gasteiger partial charge >= 0.3 is 0 Å². The first-order valence-electron chi connectivity index (χ1n) is 7.97. The number of nitrogen functional groups attached to an aromatic ring is 1. The van der Waals surface area contributed by atoms with Crippen LogP contribution in [0.5, 0.6) is 0 Å². The molecule has 1 amide bonds. The van der Waals surface area contributed by atoms with Gasteiger partial charge in [0.25, 0.3) is 5.91 Å². The van der Waals surface area contributed by atoms with E-state index in [1.165, 1.54) is 0 Å². The SMILES string of the molecule is CC(O)CN1CCC(CN(C)C(=O)c2cccc(N)c2)CC1. The van der Waals surface area contributed by atoms with Gasteiger partial charge in [-0.25, -0.2) is 0 Å². The monoisotopic (exact) mass is 305 g/mol. The predicted octanol–water partition coefficient (Wildman–Crippen LogP) is 1.43. The number of hydrogen-bond acceptors (Lipinski definition) is 4. The van der Waals surface area contributed by atoms with Crippen molar-refractivity contribution in [1.29, 1.82) is 0 Å². The Labute approximate surface area is 132 Å². The summed E-state index contributed by atoms with van der Waals surface area (Å²) in [7, 11) is 1.85. The fraction of sp³-hybridized carbons (Fsp3) is 0.588. The van der Waals surface area contributed by atoms with Crippen molar-refractivity contribution in [2.45, 2.75) is 25.9 Å². The van der Waals surface area contributed by atoms with Crippen LogP contribution >= 0.6 is 0 Å². The number of β-amino-alcohol motifs (C(OH)–C–C–N with tert-alkyl or cyclic N) is 1. The quantitative estimate of drug-likeness (QED) is 0.808. The second-order valence-corrected chi connectivity index (χ2v) is 6.40. The third kappa shape index (κ3) is 4.71. The number of nitrogens with zero attached hydrogens (tertiary/aromatic N) is 2. The fourth-order valence-corrected chi connectivity index (χ4v) is 3.09. The average molecular weight is 305 g/mol. The molecule has 0 bridgehead atoms. The van der Waals surface area contributed by atoms with Crippen LogP contribution in [0.2, 0.25) is 0 Å². The zero-order valence-electron chi connectivity index (χ0n) is 13.5. The van der Waals surface area contributed by atoms with Crippen LogP contribution in [0.1, 0.15) is 30.1 Å². The van der Waals surface area contributed by atoms with Crippen LogP contribution < -0.4 is 5.73 Å². The van der Waals surface area contributed by atoms with E-state index < -0.39 is 0 Å². The maximum atomic E-state index is 12.4. The number of aliphatic hydroxyl groups excluding tert-OH is 1. The first-order valence-corrected chi connectivity index (χ1v) is 7.97. The first kappa shape index (κ1) is 16.8. The van der Waals surface area contributed by atoms with Crippen LogP contribution in [0.3, 0.4) is 0 Å². The average Bonchev–Trinajstić information content (AvgIpc) is 2.48. The zero-order valence-corrected chi connectivity index (χ0v) is 13.5. The molecular formula is C17H27N3O2.